The van der Waals surface area contributed by atoms with E-state index in [9.17, 15) is 9.59 Å². The number of hydrogen-bond donors (Lipinski definition) is 0. The zero-order chi connectivity index (χ0) is 14.1. The van der Waals surface area contributed by atoms with Crippen LogP contribution in [0, 0.1) is 0 Å². The fourth-order valence-electron chi connectivity index (χ4n) is 2.19. The van der Waals surface area contributed by atoms with Crippen molar-refractivity contribution in [3.8, 4) is 0 Å². The van der Waals surface area contributed by atoms with Gasteiger partial charge in [-0.05, 0) is 19.3 Å². The van der Waals surface area contributed by atoms with Crippen LogP contribution in [0.25, 0.3) is 0 Å². The molecule has 5 nitrogen and oxygen atoms in total. The Hall–Kier alpha value is -1.10. The largest absolute Gasteiger partial charge is 0.469 e. The van der Waals surface area contributed by atoms with Gasteiger partial charge in [0.1, 0.15) is 6.10 Å². The average Bonchev–Trinajstić information content (AvgIpc) is 2.95. The first kappa shape index (κ1) is 16.0. The number of carbonyl (C=O) groups excluding carboxylic acids is 2. The minimum Gasteiger partial charge on any atom is -0.469 e. The molecule has 0 bridgehead atoms. The predicted molar refractivity (Wildman–Crippen MR) is 71.7 cm³/mol. The summed E-state index contributed by atoms with van der Waals surface area (Å²) in [7, 11) is 1.37. The summed E-state index contributed by atoms with van der Waals surface area (Å²) in [6.45, 7) is 3.91. The maximum atomic E-state index is 12.3. The van der Waals surface area contributed by atoms with Gasteiger partial charge in [-0.15, -0.1) is 0 Å². The third-order valence-electron chi connectivity index (χ3n) is 3.36. The van der Waals surface area contributed by atoms with E-state index in [0.29, 0.717) is 19.7 Å². The zero-order valence-corrected chi connectivity index (χ0v) is 12.0. The Morgan fingerprint density at radius 1 is 1.32 bits per heavy atom. The van der Waals surface area contributed by atoms with Crippen molar-refractivity contribution in [2.45, 2.75) is 51.6 Å². The Balaban J connectivity index is 2.46. The Bertz CT molecular complexity index is 287. The molecule has 1 heterocycles. The number of methoxy groups -OCH3 is 1. The summed E-state index contributed by atoms with van der Waals surface area (Å²) in [5.74, 6) is -0.252. The monoisotopic (exact) mass is 271 g/mol. The maximum absolute atomic E-state index is 12.3. The normalized spacial score (nSPS) is 18.3. The first-order chi connectivity index (χ1) is 9.19. The Kier molecular flexibility index (Phi) is 7.48. The number of ether oxygens (including phenoxy) is 2. The van der Waals surface area contributed by atoms with E-state index in [-0.39, 0.29) is 24.4 Å². The molecule has 1 amide bonds. The predicted octanol–water partition coefficient (Wildman–Crippen LogP) is 1.75. The van der Waals surface area contributed by atoms with E-state index < -0.39 is 0 Å². The molecule has 0 saturated carbocycles. The molecule has 0 spiro atoms. The smallest absolute Gasteiger partial charge is 0.307 e. The summed E-state index contributed by atoms with van der Waals surface area (Å²) < 4.78 is 10.1. The molecule has 110 valence electrons. The van der Waals surface area contributed by atoms with Crippen LogP contribution in [0.15, 0.2) is 0 Å². The highest BCUT2D eigenvalue weighted by Crippen LogP contribution is 2.15. The van der Waals surface area contributed by atoms with Crippen LogP contribution in [-0.4, -0.2) is 49.7 Å². The van der Waals surface area contributed by atoms with E-state index in [1.54, 1.807) is 4.90 Å². The zero-order valence-electron chi connectivity index (χ0n) is 12.0. The number of amides is 1. The molecule has 0 aromatic heterocycles. The van der Waals surface area contributed by atoms with Crippen molar-refractivity contribution in [1.82, 2.24) is 4.90 Å². The maximum Gasteiger partial charge on any atom is 0.307 e. The highest BCUT2D eigenvalue weighted by molar-refractivity contribution is 5.81. The van der Waals surface area contributed by atoms with Crippen molar-refractivity contribution < 1.29 is 19.1 Å². The van der Waals surface area contributed by atoms with E-state index in [1.165, 1.54) is 7.11 Å². The van der Waals surface area contributed by atoms with Crippen molar-refractivity contribution in [2.75, 3.05) is 26.8 Å². The third kappa shape index (κ3) is 5.59. The molecule has 1 aliphatic heterocycles. The van der Waals surface area contributed by atoms with Gasteiger partial charge in [0, 0.05) is 19.7 Å². The Morgan fingerprint density at radius 3 is 2.68 bits per heavy atom. The lowest BCUT2D eigenvalue weighted by Gasteiger charge is -2.25. The first-order valence-electron chi connectivity index (χ1n) is 7.16. The van der Waals surface area contributed by atoms with E-state index in [4.69, 9.17) is 4.74 Å². The second-order valence-corrected chi connectivity index (χ2v) is 4.86. The van der Waals surface area contributed by atoms with Crippen LogP contribution in [0.5, 0.6) is 0 Å². The molecule has 1 aliphatic rings. The highest BCUT2D eigenvalue weighted by Gasteiger charge is 2.28. The van der Waals surface area contributed by atoms with Crippen LogP contribution in [0.1, 0.15) is 45.4 Å². The third-order valence-corrected chi connectivity index (χ3v) is 3.36. The topological polar surface area (TPSA) is 55.8 Å². The number of carbonyl (C=O) groups is 2. The summed E-state index contributed by atoms with van der Waals surface area (Å²) in [4.78, 5) is 25.2. The summed E-state index contributed by atoms with van der Waals surface area (Å²) in [6.07, 6.45) is 4.85. The molecule has 0 N–H and O–H groups in total. The fourth-order valence-corrected chi connectivity index (χ4v) is 2.19. The van der Waals surface area contributed by atoms with E-state index in [1.807, 2.05) is 0 Å². The molecule has 0 aliphatic carbocycles. The lowest BCUT2D eigenvalue weighted by molar-refractivity contribution is -0.144. The van der Waals surface area contributed by atoms with Crippen LogP contribution < -0.4 is 0 Å². The second-order valence-electron chi connectivity index (χ2n) is 4.86. The van der Waals surface area contributed by atoms with Gasteiger partial charge in [0.05, 0.1) is 13.5 Å². The molecule has 1 saturated heterocycles. The molecule has 5 heteroatoms. The number of nitrogens with zero attached hydrogens (tertiary/aromatic N) is 1. The number of esters is 1. The molecule has 1 fully saturated rings. The van der Waals surface area contributed by atoms with Gasteiger partial charge in [0.25, 0.3) is 5.91 Å². The molecule has 1 unspecified atom stereocenters. The minimum absolute atomic E-state index is 0.0255. The van der Waals surface area contributed by atoms with Gasteiger partial charge in [-0.2, -0.15) is 0 Å². The summed E-state index contributed by atoms with van der Waals surface area (Å²) in [5.41, 5.74) is 0. The van der Waals surface area contributed by atoms with Crippen molar-refractivity contribution in [2.24, 2.45) is 0 Å². The van der Waals surface area contributed by atoms with Gasteiger partial charge in [-0.3, -0.25) is 9.59 Å². The van der Waals surface area contributed by atoms with Gasteiger partial charge < -0.3 is 14.4 Å². The first-order valence-corrected chi connectivity index (χ1v) is 7.16. The molecular formula is C14H25NO4. The van der Waals surface area contributed by atoms with Crippen molar-refractivity contribution >= 4 is 11.9 Å². The quantitative estimate of drug-likeness (QED) is 0.498. The van der Waals surface area contributed by atoms with Crippen LogP contribution in [-0.2, 0) is 19.1 Å². The standard InChI is InChI=1S/C14H25NO4/c1-3-4-5-9-15(10-8-13(16)18-2)14(17)12-7-6-11-19-12/h12H,3-11H2,1-2H3. The van der Waals surface area contributed by atoms with Crippen molar-refractivity contribution in [1.29, 1.82) is 0 Å². The molecular weight excluding hydrogens is 246 g/mol. The molecule has 19 heavy (non-hydrogen) atoms. The Labute approximate surface area is 115 Å². The van der Waals surface area contributed by atoms with Gasteiger partial charge in [-0.25, -0.2) is 0 Å². The molecule has 1 rings (SSSR count). The fraction of sp³-hybridized carbons (Fsp3) is 0.857. The van der Waals surface area contributed by atoms with Crippen LogP contribution >= 0.6 is 0 Å². The number of hydrogen-bond acceptors (Lipinski definition) is 4. The lowest BCUT2D eigenvalue weighted by Crippen LogP contribution is -2.40. The van der Waals surface area contributed by atoms with Crippen molar-refractivity contribution in [3.05, 3.63) is 0 Å². The molecule has 0 aromatic carbocycles. The summed E-state index contributed by atoms with van der Waals surface area (Å²) in [5, 5.41) is 0. The van der Waals surface area contributed by atoms with Crippen molar-refractivity contribution in [3.63, 3.8) is 0 Å². The van der Waals surface area contributed by atoms with Gasteiger partial charge in [-0.1, -0.05) is 19.8 Å². The SMILES string of the molecule is CCCCCN(CCC(=O)OC)C(=O)C1CCCO1. The second kappa shape index (κ2) is 8.91. The van der Waals surface area contributed by atoms with Crippen LogP contribution in [0.3, 0.4) is 0 Å². The van der Waals surface area contributed by atoms with E-state index in [0.717, 1.165) is 32.1 Å². The van der Waals surface area contributed by atoms with Crippen LogP contribution in [0.2, 0.25) is 0 Å². The Morgan fingerprint density at radius 2 is 2.11 bits per heavy atom. The van der Waals surface area contributed by atoms with Gasteiger partial charge in [0.2, 0.25) is 0 Å². The average molecular weight is 271 g/mol. The lowest BCUT2D eigenvalue weighted by atomic mass is 10.2. The molecule has 1 atom stereocenters. The number of unbranched alkanes of at least 4 members (excludes halogenated alkanes) is 2. The molecule has 0 aromatic rings. The van der Waals surface area contributed by atoms with Crippen LogP contribution in [0.4, 0.5) is 0 Å². The summed E-state index contributed by atoms with van der Waals surface area (Å²) >= 11 is 0. The highest BCUT2D eigenvalue weighted by atomic mass is 16.5. The number of rotatable bonds is 8. The summed E-state index contributed by atoms with van der Waals surface area (Å²) in [6, 6.07) is 0. The van der Waals surface area contributed by atoms with Gasteiger partial charge in [0.15, 0.2) is 0 Å². The minimum atomic E-state index is -0.306. The van der Waals surface area contributed by atoms with E-state index in [2.05, 4.69) is 11.7 Å². The van der Waals surface area contributed by atoms with E-state index >= 15 is 0 Å². The van der Waals surface area contributed by atoms with Gasteiger partial charge >= 0.3 is 5.97 Å². The molecule has 0 radical (unpaired) electrons.